The van der Waals surface area contributed by atoms with Crippen molar-refractivity contribution in [1.29, 1.82) is 0 Å². The number of hydrogen-bond donors (Lipinski definition) is 1. The summed E-state index contributed by atoms with van der Waals surface area (Å²) in [4.78, 5) is 0. The molecule has 0 amide bonds. The molecule has 0 aliphatic heterocycles. The molecule has 2 aromatic rings. The Labute approximate surface area is 115 Å². The van der Waals surface area contributed by atoms with Crippen molar-refractivity contribution < 1.29 is 0 Å². The zero-order chi connectivity index (χ0) is 13.2. The van der Waals surface area contributed by atoms with E-state index in [0.717, 1.165) is 25.6 Å². The van der Waals surface area contributed by atoms with E-state index in [1.165, 1.54) is 34.9 Å². The van der Waals surface area contributed by atoms with Crippen LogP contribution < -0.4 is 5.32 Å². The maximum atomic E-state index is 3.98. The van der Waals surface area contributed by atoms with Crippen LogP contribution in [0.5, 0.6) is 0 Å². The molecule has 1 aliphatic carbocycles. The summed E-state index contributed by atoms with van der Waals surface area (Å²) in [6.45, 7) is 8.10. The highest BCUT2D eigenvalue weighted by Crippen LogP contribution is 2.21. The predicted octanol–water partition coefficient (Wildman–Crippen LogP) is 3.86. The van der Waals surface area contributed by atoms with Crippen molar-refractivity contribution in [2.75, 3.05) is 0 Å². The number of aromatic nitrogens is 1. The number of hydrogen-bond acceptors (Lipinski definition) is 1. The normalized spacial score (nSPS) is 15.0. The van der Waals surface area contributed by atoms with E-state index in [1.807, 2.05) is 0 Å². The Morgan fingerprint density at radius 2 is 2.21 bits per heavy atom. The fourth-order valence-electron chi connectivity index (χ4n) is 2.40. The van der Waals surface area contributed by atoms with Gasteiger partial charge in [0.15, 0.2) is 0 Å². The Bertz CT molecular complexity index is 590. The molecule has 1 aromatic carbocycles. The maximum absolute atomic E-state index is 3.98. The highest BCUT2D eigenvalue weighted by Gasteiger charge is 2.19. The summed E-state index contributed by atoms with van der Waals surface area (Å²) in [6.07, 6.45) is 5.93. The molecule has 1 saturated carbocycles. The van der Waals surface area contributed by atoms with E-state index >= 15 is 0 Å². The van der Waals surface area contributed by atoms with Crippen LogP contribution in [-0.4, -0.2) is 10.6 Å². The monoisotopic (exact) mass is 254 g/mol. The molecule has 0 radical (unpaired) electrons. The first kappa shape index (κ1) is 12.5. The summed E-state index contributed by atoms with van der Waals surface area (Å²) in [6, 6.07) is 9.76. The average molecular weight is 254 g/mol. The number of nitrogens with zero attached hydrogens (tertiary/aromatic N) is 1. The second-order valence-corrected chi connectivity index (χ2v) is 5.76. The van der Waals surface area contributed by atoms with Gasteiger partial charge < -0.3 is 9.88 Å². The van der Waals surface area contributed by atoms with E-state index in [1.54, 1.807) is 0 Å². The van der Waals surface area contributed by atoms with Crippen LogP contribution in [0.25, 0.3) is 10.9 Å². The predicted molar refractivity (Wildman–Crippen MR) is 81.2 cm³/mol. The van der Waals surface area contributed by atoms with Crippen LogP contribution >= 0.6 is 0 Å². The summed E-state index contributed by atoms with van der Waals surface area (Å²) >= 11 is 0. The van der Waals surface area contributed by atoms with Crippen molar-refractivity contribution in [2.24, 2.45) is 0 Å². The third kappa shape index (κ3) is 3.07. The first-order valence-electron chi connectivity index (χ1n) is 7.18. The fourth-order valence-corrected chi connectivity index (χ4v) is 2.40. The summed E-state index contributed by atoms with van der Waals surface area (Å²) < 4.78 is 2.34. The zero-order valence-corrected chi connectivity index (χ0v) is 11.7. The Balaban J connectivity index is 1.78. The maximum Gasteiger partial charge on any atom is 0.0483 e. The van der Waals surface area contributed by atoms with Crippen molar-refractivity contribution in [3.8, 4) is 0 Å². The van der Waals surface area contributed by atoms with Gasteiger partial charge in [-0.15, -0.1) is 6.58 Å². The van der Waals surface area contributed by atoms with E-state index in [4.69, 9.17) is 0 Å². The molecule has 2 nitrogen and oxygen atoms in total. The molecule has 1 N–H and O–H groups in total. The Morgan fingerprint density at radius 1 is 1.37 bits per heavy atom. The Morgan fingerprint density at radius 3 is 2.95 bits per heavy atom. The van der Waals surface area contributed by atoms with Crippen LogP contribution in [0.15, 0.2) is 42.6 Å². The summed E-state index contributed by atoms with van der Waals surface area (Å²) in [5.74, 6) is 0. The van der Waals surface area contributed by atoms with Crippen molar-refractivity contribution in [3.63, 3.8) is 0 Å². The number of benzene rings is 1. The lowest BCUT2D eigenvalue weighted by Crippen LogP contribution is -2.15. The molecule has 0 saturated heterocycles. The lowest BCUT2D eigenvalue weighted by molar-refractivity contribution is 0.686. The van der Waals surface area contributed by atoms with Gasteiger partial charge in [0.25, 0.3) is 0 Å². The van der Waals surface area contributed by atoms with Gasteiger partial charge in [0.1, 0.15) is 0 Å². The SMILES string of the molecule is C=C(C)CCn1ccc2ccc(CNC3CC3)cc21. The lowest BCUT2D eigenvalue weighted by atomic mass is 10.1. The van der Waals surface area contributed by atoms with E-state index in [9.17, 15) is 0 Å². The highest BCUT2D eigenvalue weighted by atomic mass is 15.0. The van der Waals surface area contributed by atoms with Gasteiger partial charge in [0, 0.05) is 30.8 Å². The second-order valence-electron chi connectivity index (χ2n) is 5.76. The zero-order valence-electron chi connectivity index (χ0n) is 11.7. The molecular weight excluding hydrogens is 232 g/mol. The first-order valence-corrected chi connectivity index (χ1v) is 7.18. The Hall–Kier alpha value is -1.54. The molecule has 1 aromatic heterocycles. The van der Waals surface area contributed by atoms with Crippen molar-refractivity contribution in [1.82, 2.24) is 9.88 Å². The number of fused-ring (bicyclic) bond motifs is 1. The van der Waals surface area contributed by atoms with Crippen LogP contribution in [0.1, 0.15) is 31.7 Å². The summed E-state index contributed by atoms with van der Waals surface area (Å²) in [5, 5.41) is 4.91. The van der Waals surface area contributed by atoms with Crippen LogP contribution in [-0.2, 0) is 13.1 Å². The molecule has 2 heteroatoms. The third-order valence-corrected chi connectivity index (χ3v) is 3.79. The van der Waals surface area contributed by atoms with Gasteiger partial charge in [0.05, 0.1) is 0 Å². The topological polar surface area (TPSA) is 17.0 Å². The molecular formula is C17H22N2. The molecule has 0 spiro atoms. The van der Waals surface area contributed by atoms with Gasteiger partial charge in [0.2, 0.25) is 0 Å². The summed E-state index contributed by atoms with van der Waals surface area (Å²) in [5.41, 5.74) is 3.97. The number of allylic oxidation sites excluding steroid dienone is 1. The molecule has 1 aliphatic rings. The molecule has 0 atom stereocenters. The Kier molecular flexibility index (Phi) is 3.43. The summed E-state index contributed by atoms with van der Waals surface area (Å²) in [7, 11) is 0. The number of nitrogens with one attached hydrogen (secondary N) is 1. The minimum absolute atomic E-state index is 0.769. The van der Waals surface area contributed by atoms with Crippen molar-refractivity contribution >= 4 is 10.9 Å². The molecule has 19 heavy (non-hydrogen) atoms. The first-order chi connectivity index (χ1) is 9.22. The van der Waals surface area contributed by atoms with Crippen LogP contribution in [0.2, 0.25) is 0 Å². The quantitative estimate of drug-likeness (QED) is 0.775. The van der Waals surface area contributed by atoms with Gasteiger partial charge in [-0.05, 0) is 49.3 Å². The van der Waals surface area contributed by atoms with Crippen molar-refractivity contribution in [2.45, 2.75) is 45.3 Å². The van der Waals surface area contributed by atoms with Gasteiger partial charge in [-0.2, -0.15) is 0 Å². The van der Waals surface area contributed by atoms with Crippen LogP contribution in [0, 0.1) is 0 Å². The van der Waals surface area contributed by atoms with E-state index in [2.05, 4.69) is 53.8 Å². The van der Waals surface area contributed by atoms with Gasteiger partial charge in [-0.3, -0.25) is 0 Å². The lowest BCUT2D eigenvalue weighted by Gasteiger charge is -2.08. The molecule has 0 unspecified atom stereocenters. The van der Waals surface area contributed by atoms with Gasteiger partial charge in [-0.1, -0.05) is 17.7 Å². The minimum Gasteiger partial charge on any atom is -0.347 e. The fraction of sp³-hybridized carbons (Fsp3) is 0.412. The van der Waals surface area contributed by atoms with Crippen LogP contribution in [0.4, 0.5) is 0 Å². The molecule has 100 valence electrons. The largest absolute Gasteiger partial charge is 0.347 e. The van der Waals surface area contributed by atoms with E-state index in [-0.39, 0.29) is 0 Å². The second kappa shape index (κ2) is 5.22. The molecule has 3 rings (SSSR count). The van der Waals surface area contributed by atoms with E-state index < -0.39 is 0 Å². The van der Waals surface area contributed by atoms with Gasteiger partial charge in [-0.25, -0.2) is 0 Å². The van der Waals surface area contributed by atoms with E-state index in [0.29, 0.717) is 0 Å². The number of rotatable bonds is 6. The molecule has 0 bridgehead atoms. The standard InChI is InChI=1S/C17H22N2/c1-13(2)7-9-19-10-8-15-4-3-14(11-17(15)19)12-18-16-5-6-16/h3-4,8,10-11,16,18H,1,5-7,9,12H2,2H3. The van der Waals surface area contributed by atoms with Crippen LogP contribution in [0.3, 0.4) is 0 Å². The minimum atomic E-state index is 0.769. The highest BCUT2D eigenvalue weighted by molar-refractivity contribution is 5.80. The smallest absolute Gasteiger partial charge is 0.0483 e. The van der Waals surface area contributed by atoms with Crippen molar-refractivity contribution in [3.05, 3.63) is 48.2 Å². The number of aryl methyl sites for hydroxylation is 1. The molecule has 1 heterocycles. The third-order valence-electron chi connectivity index (χ3n) is 3.79. The average Bonchev–Trinajstić information content (AvgIpc) is 3.14. The van der Waals surface area contributed by atoms with Gasteiger partial charge >= 0.3 is 0 Å². The molecule has 1 fully saturated rings.